The predicted octanol–water partition coefficient (Wildman–Crippen LogP) is 0.620. The van der Waals surface area contributed by atoms with Gasteiger partial charge in [-0.1, -0.05) is 11.6 Å². The van der Waals surface area contributed by atoms with E-state index in [2.05, 4.69) is 5.32 Å². The second-order valence-electron chi connectivity index (χ2n) is 6.55. The van der Waals surface area contributed by atoms with Gasteiger partial charge < -0.3 is 19.7 Å². The third kappa shape index (κ3) is 3.31. The Labute approximate surface area is 151 Å². The summed E-state index contributed by atoms with van der Waals surface area (Å²) in [6, 6.07) is 4.71. The molecule has 1 spiro atoms. The molecular formula is C17H22ClN3O4. The van der Waals surface area contributed by atoms with Gasteiger partial charge >= 0.3 is 0 Å². The van der Waals surface area contributed by atoms with Crippen LogP contribution in [0.2, 0.25) is 5.02 Å². The van der Waals surface area contributed by atoms with Crippen molar-refractivity contribution in [1.29, 1.82) is 0 Å². The smallest absolute Gasteiger partial charge is 0.254 e. The molecule has 2 saturated heterocycles. The largest absolute Gasteiger partial charge is 0.495 e. The number of rotatable bonds is 3. The van der Waals surface area contributed by atoms with Gasteiger partial charge in [0.1, 0.15) is 17.4 Å². The number of morpholine rings is 1. The van der Waals surface area contributed by atoms with Crippen molar-refractivity contribution in [2.24, 2.45) is 0 Å². The van der Waals surface area contributed by atoms with Gasteiger partial charge in [-0.3, -0.25) is 14.5 Å². The topological polar surface area (TPSA) is 71.1 Å². The van der Waals surface area contributed by atoms with E-state index in [4.69, 9.17) is 21.1 Å². The fourth-order valence-corrected chi connectivity index (χ4v) is 3.66. The van der Waals surface area contributed by atoms with Crippen molar-refractivity contribution in [3.63, 3.8) is 0 Å². The molecule has 7 nitrogen and oxygen atoms in total. The molecule has 2 fully saturated rings. The maximum atomic E-state index is 12.6. The first kappa shape index (κ1) is 18.0. The highest BCUT2D eigenvalue weighted by Crippen LogP contribution is 2.33. The maximum Gasteiger partial charge on any atom is 0.254 e. The number of methoxy groups -OCH3 is 1. The van der Waals surface area contributed by atoms with E-state index in [-0.39, 0.29) is 17.9 Å². The van der Waals surface area contributed by atoms with Gasteiger partial charge in [0.15, 0.2) is 0 Å². The van der Waals surface area contributed by atoms with Gasteiger partial charge in [0, 0.05) is 19.2 Å². The van der Waals surface area contributed by atoms with E-state index in [0.717, 1.165) is 0 Å². The van der Waals surface area contributed by atoms with Gasteiger partial charge in [0.2, 0.25) is 5.91 Å². The molecule has 2 heterocycles. The number of carbonyl (C=O) groups excluding carboxylic acids is 2. The number of benzene rings is 1. The highest BCUT2D eigenvalue weighted by molar-refractivity contribution is 6.32. The van der Waals surface area contributed by atoms with E-state index in [1.807, 2.05) is 11.9 Å². The Morgan fingerprint density at radius 1 is 1.36 bits per heavy atom. The SMILES string of the molecule is CNC(=O)[C@H]1COC2(CN(C(=O)c3ccc(OC)c(Cl)c3)C2)CN1C. The second-order valence-corrected chi connectivity index (χ2v) is 6.96. The number of ether oxygens (including phenoxy) is 2. The van der Waals surface area contributed by atoms with Gasteiger partial charge in [-0.25, -0.2) is 0 Å². The number of likely N-dealkylation sites (N-methyl/N-ethyl adjacent to an activating group) is 2. The van der Waals surface area contributed by atoms with Crippen LogP contribution >= 0.6 is 11.6 Å². The van der Waals surface area contributed by atoms with Crippen LogP contribution in [0.1, 0.15) is 10.4 Å². The monoisotopic (exact) mass is 367 g/mol. The Morgan fingerprint density at radius 3 is 2.64 bits per heavy atom. The molecule has 2 aliphatic heterocycles. The normalized spacial score (nSPS) is 22.4. The Kier molecular flexibility index (Phi) is 4.90. The number of hydrogen-bond acceptors (Lipinski definition) is 5. The summed E-state index contributed by atoms with van der Waals surface area (Å²) in [5.74, 6) is 0.392. The molecule has 1 aromatic rings. The van der Waals surface area contributed by atoms with Crippen LogP contribution < -0.4 is 10.1 Å². The average Bonchev–Trinajstić information content (AvgIpc) is 2.58. The minimum absolute atomic E-state index is 0.0579. The van der Waals surface area contributed by atoms with Crippen LogP contribution in [0.15, 0.2) is 18.2 Å². The Balaban J connectivity index is 1.61. The van der Waals surface area contributed by atoms with Crippen LogP contribution in [0.4, 0.5) is 0 Å². The zero-order valence-electron chi connectivity index (χ0n) is 14.5. The third-order valence-electron chi connectivity index (χ3n) is 4.81. The number of amides is 2. The first-order chi connectivity index (χ1) is 11.9. The summed E-state index contributed by atoms with van der Waals surface area (Å²) < 4.78 is 11.0. The molecule has 0 saturated carbocycles. The molecular weight excluding hydrogens is 346 g/mol. The number of likely N-dealkylation sites (tertiary alicyclic amines) is 1. The van der Waals surface area contributed by atoms with Crippen molar-refractivity contribution >= 4 is 23.4 Å². The van der Waals surface area contributed by atoms with Gasteiger partial charge in [0.25, 0.3) is 5.91 Å². The lowest BCUT2D eigenvalue weighted by molar-refractivity contribution is -0.187. The minimum atomic E-state index is -0.398. The number of halogens is 1. The first-order valence-corrected chi connectivity index (χ1v) is 8.45. The van der Waals surface area contributed by atoms with Gasteiger partial charge in [-0.15, -0.1) is 0 Å². The molecule has 2 aliphatic rings. The first-order valence-electron chi connectivity index (χ1n) is 8.08. The summed E-state index contributed by atoms with van der Waals surface area (Å²) in [5.41, 5.74) is 0.124. The third-order valence-corrected chi connectivity index (χ3v) is 5.11. The van der Waals surface area contributed by atoms with Crippen LogP contribution in [-0.2, 0) is 9.53 Å². The van der Waals surface area contributed by atoms with Crippen LogP contribution in [-0.4, -0.2) is 80.7 Å². The summed E-state index contributed by atoms with van der Waals surface area (Å²) in [6.45, 7) is 1.94. The number of nitrogens with one attached hydrogen (secondary N) is 1. The van der Waals surface area contributed by atoms with Crippen molar-refractivity contribution in [2.75, 3.05) is 47.4 Å². The van der Waals surface area contributed by atoms with Crippen molar-refractivity contribution in [3.8, 4) is 5.75 Å². The number of nitrogens with zero attached hydrogens (tertiary/aromatic N) is 2. The molecule has 1 N–H and O–H groups in total. The molecule has 0 bridgehead atoms. The van der Waals surface area contributed by atoms with E-state index >= 15 is 0 Å². The lowest BCUT2D eigenvalue weighted by Gasteiger charge is -2.54. The number of hydrogen-bond donors (Lipinski definition) is 1. The summed E-state index contributed by atoms with van der Waals surface area (Å²) in [5, 5.41) is 3.05. The molecule has 25 heavy (non-hydrogen) atoms. The maximum absolute atomic E-state index is 12.6. The molecule has 1 atom stereocenters. The molecule has 136 valence electrons. The second kappa shape index (κ2) is 6.82. The highest BCUT2D eigenvalue weighted by atomic mass is 35.5. The lowest BCUT2D eigenvalue weighted by atomic mass is 9.90. The molecule has 0 radical (unpaired) electrons. The quantitative estimate of drug-likeness (QED) is 0.848. The summed E-state index contributed by atoms with van der Waals surface area (Å²) in [4.78, 5) is 28.1. The van der Waals surface area contributed by atoms with Gasteiger partial charge in [0.05, 0.1) is 31.8 Å². The van der Waals surface area contributed by atoms with Crippen molar-refractivity contribution < 1.29 is 19.1 Å². The zero-order valence-corrected chi connectivity index (χ0v) is 15.3. The molecule has 0 aromatic heterocycles. The van der Waals surface area contributed by atoms with E-state index in [0.29, 0.717) is 42.6 Å². The number of carbonyl (C=O) groups is 2. The highest BCUT2D eigenvalue weighted by Gasteiger charge is 2.51. The van der Waals surface area contributed by atoms with Crippen molar-refractivity contribution in [3.05, 3.63) is 28.8 Å². The summed E-state index contributed by atoms with van der Waals surface area (Å²) >= 11 is 6.10. The fraction of sp³-hybridized carbons (Fsp3) is 0.529. The predicted molar refractivity (Wildman–Crippen MR) is 93.1 cm³/mol. The van der Waals surface area contributed by atoms with E-state index < -0.39 is 5.60 Å². The van der Waals surface area contributed by atoms with Gasteiger partial charge in [-0.05, 0) is 25.2 Å². The van der Waals surface area contributed by atoms with Crippen LogP contribution in [0, 0.1) is 0 Å². The summed E-state index contributed by atoms with van der Waals surface area (Å²) in [6.07, 6.45) is 0. The fourth-order valence-electron chi connectivity index (χ4n) is 3.40. The Morgan fingerprint density at radius 2 is 2.08 bits per heavy atom. The van der Waals surface area contributed by atoms with Crippen molar-refractivity contribution in [1.82, 2.24) is 15.1 Å². The molecule has 0 aliphatic carbocycles. The lowest BCUT2D eigenvalue weighted by Crippen LogP contribution is -2.73. The van der Waals surface area contributed by atoms with Gasteiger partial charge in [-0.2, -0.15) is 0 Å². The van der Waals surface area contributed by atoms with E-state index in [1.165, 1.54) is 7.11 Å². The van der Waals surface area contributed by atoms with E-state index in [1.54, 1.807) is 30.1 Å². The van der Waals surface area contributed by atoms with Crippen LogP contribution in [0.5, 0.6) is 5.75 Å². The van der Waals surface area contributed by atoms with E-state index in [9.17, 15) is 9.59 Å². The van der Waals surface area contributed by atoms with Crippen LogP contribution in [0.25, 0.3) is 0 Å². The molecule has 2 amide bonds. The molecule has 8 heteroatoms. The Bertz CT molecular complexity index is 690. The Hall–Kier alpha value is -1.83. The molecule has 3 rings (SSSR count). The zero-order chi connectivity index (χ0) is 18.2. The average molecular weight is 368 g/mol. The molecule has 1 aromatic carbocycles. The standard InChI is InChI=1S/C17H22ClN3O4/c1-19-15(22)13-7-25-17(8-20(13)2)9-21(10-17)16(23)11-4-5-14(24-3)12(18)6-11/h4-6,13H,7-10H2,1-3H3,(H,19,22)/t13-/m1/s1. The van der Waals surface area contributed by atoms with Crippen molar-refractivity contribution in [2.45, 2.75) is 11.6 Å². The van der Waals surface area contributed by atoms with Crippen LogP contribution in [0.3, 0.4) is 0 Å². The minimum Gasteiger partial charge on any atom is -0.495 e. The molecule has 0 unspecified atom stereocenters. The summed E-state index contributed by atoms with van der Waals surface area (Å²) in [7, 11) is 5.05.